The van der Waals surface area contributed by atoms with Crippen molar-refractivity contribution in [2.24, 2.45) is 12.0 Å². The second-order valence-electron chi connectivity index (χ2n) is 6.50. The fourth-order valence-electron chi connectivity index (χ4n) is 2.68. The number of fused-ring (bicyclic) bond motifs is 1. The molecule has 0 atom stereocenters. The van der Waals surface area contributed by atoms with Gasteiger partial charge in [0.25, 0.3) is 0 Å². The van der Waals surface area contributed by atoms with Crippen molar-refractivity contribution in [2.45, 2.75) is 26.3 Å². The van der Waals surface area contributed by atoms with Gasteiger partial charge in [-0.1, -0.05) is 0 Å². The summed E-state index contributed by atoms with van der Waals surface area (Å²) in [4.78, 5) is 4.68. The van der Waals surface area contributed by atoms with Crippen molar-refractivity contribution in [3.05, 3.63) is 29.8 Å². The fraction of sp³-hybridized carbons (Fsp3) is 0.526. The number of nitrogens with zero attached hydrogens (tertiary/aromatic N) is 4. The van der Waals surface area contributed by atoms with E-state index in [0.29, 0.717) is 25.7 Å². The number of hydrogen-bond acceptors (Lipinski definition) is 6. The molecule has 2 N–H and O–H groups in total. The van der Waals surface area contributed by atoms with Crippen molar-refractivity contribution < 1.29 is 9.47 Å². The first-order valence-electron chi connectivity index (χ1n) is 9.46. The Hall–Kier alpha value is -2.42. The highest BCUT2D eigenvalue weighted by Crippen LogP contribution is 2.32. The highest BCUT2D eigenvalue weighted by molar-refractivity contribution is 7.98. The first-order valence-corrected chi connectivity index (χ1v) is 10.9. The van der Waals surface area contributed by atoms with E-state index in [0.717, 1.165) is 54.0 Å². The number of aryl methyl sites for hydroxylation is 1. The Kier molecular flexibility index (Phi) is 7.41. The molecule has 0 saturated carbocycles. The number of hydrogen-bond donors (Lipinski definition) is 2. The molecule has 1 aliphatic rings. The van der Waals surface area contributed by atoms with Crippen molar-refractivity contribution in [1.82, 2.24) is 20.1 Å². The van der Waals surface area contributed by atoms with Crippen LogP contribution in [0.1, 0.15) is 24.5 Å². The van der Waals surface area contributed by atoms with Crippen LogP contribution in [-0.2, 0) is 13.6 Å². The highest BCUT2D eigenvalue weighted by atomic mass is 32.2. The molecule has 9 heteroatoms. The molecule has 0 amide bonds. The number of aromatic nitrogens is 3. The highest BCUT2D eigenvalue weighted by Gasteiger charge is 2.12. The van der Waals surface area contributed by atoms with Gasteiger partial charge < -0.3 is 24.7 Å². The first kappa shape index (κ1) is 20.3. The quantitative estimate of drug-likeness (QED) is 0.417. The van der Waals surface area contributed by atoms with Gasteiger partial charge in [-0.05, 0) is 37.5 Å². The fourth-order valence-corrected chi connectivity index (χ4v) is 3.11. The van der Waals surface area contributed by atoms with Crippen molar-refractivity contribution in [3.63, 3.8) is 0 Å². The van der Waals surface area contributed by atoms with E-state index >= 15 is 0 Å². The summed E-state index contributed by atoms with van der Waals surface area (Å²) < 4.78 is 13.4. The lowest BCUT2D eigenvalue weighted by molar-refractivity contribution is 0.297. The SMILES string of the molecule is CSCCCNC(=NCc1nnc(C)n1C)Nc1ccc2c(c1)OCCCO2. The molecule has 0 spiro atoms. The van der Waals surface area contributed by atoms with E-state index in [9.17, 15) is 0 Å². The molecule has 1 aromatic carbocycles. The summed E-state index contributed by atoms with van der Waals surface area (Å²) in [5.74, 6) is 5.04. The molecule has 8 nitrogen and oxygen atoms in total. The summed E-state index contributed by atoms with van der Waals surface area (Å²) >= 11 is 1.84. The Morgan fingerprint density at radius 2 is 2.07 bits per heavy atom. The van der Waals surface area contributed by atoms with Gasteiger partial charge in [0.05, 0.1) is 13.2 Å². The molecule has 0 aliphatic carbocycles. The molecule has 0 bridgehead atoms. The lowest BCUT2D eigenvalue weighted by Gasteiger charge is -2.14. The molecule has 1 aliphatic heterocycles. The minimum absolute atomic E-state index is 0.444. The van der Waals surface area contributed by atoms with E-state index in [-0.39, 0.29) is 0 Å². The molecule has 0 radical (unpaired) electrons. The van der Waals surface area contributed by atoms with Gasteiger partial charge in [0.15, 0.2) is 23.3 Å². The molecule has 1 aromatic heterocycles. The largest absolute Gasteiger partial charge is 0.490 e. The summed E-state index contributed by atoms with van der Waals surface area (Å²) in [6, 6.07) is 5.85. The Morgan fingerprint density at radius 3 is 2.82 bits per heavy atom. The standard InChI is InChI=1S/C19H28N6O2S/c1-14-23-24-18(25(14)2)13-21-19(20-8-4-11-28-3)22-15-6-7-16-17(12-15)27-10-5-9-26-16/h6-7,12H,4-5,8-11,13H2,1-3H3,(H2,20,21,22). The average molecular weight is 405 g/mol. The maximum atomic E-state index is 5.78. The summed E-state index contributed by atoms with van der Waals surface area (Å²) in [6.07, 6.45) is 4.06. The number of nitrogens with one attached hydrogen (secondary N) is 2. The van der Waals surface area contributed by atoms with E-state index in [2.05, 4.69) is 32.1 Å². The number of guanidine groups is 1. The number of anilines is 1. The van der Waals surface area contributed by atoms with Gasteiger partial charge >= 0.3 is 0 Å². The lowest BCUT2D eigenvalue weighted by atomic mass is 10.2. The van der Waals surface area contributed by atoms with Gasteiger partial charge in [-0.25, -0.2) is 4.99 Å². The number of rotatable bonds is 7. The maximum absolute atomic E-state index is 5.78. The molecule has 3 rings (SSSR count). The van der Waals surface area contributed by atoms with Crippen LogP contribution < -0.4 is 20.1 Å². The van der Waals surface area contributed by atoms with Crippen molar-refractivity contribution in [1.29, 1.82) is 0 Å². The topological polar surface area (TPSA) is 85.6 Å². The Morgan fingerprint density at radius 1 is 1.25 bits per heavy atom. The monoisotopic (exact) mass is 404 g/mol. The summed E-state index contributed by atoms with van der Waals surface area (Å²) in [5.41, 5.74) is 0.898. The molecule has 28 heavy (non-hydrogen) atoms. The zero-order valence-corrected chi connectivity index (χ0v) is 17.5. The number of thioether (sulfide) groups is 1. The summed E-state index contributed by atoms with van der Waals surface area (Å²) in [5, 5.41) is 15.0. The van der Waals surface area contributed by atoms with Crippen LogP contribution in [0.25, 0.3) is 0 Å². The smallest absolute Gasteiger partial charge is 0.196 e. The van der Waals surface area contributed by atoms with Crippen LogP contribution in [0.5, 0.6) is 11.5 Å². The molecular formula is C19H28N6O2S. The molecule has 152 valence electrons. The van der Waals surface area contributed by atoms with Gasteiger partial charge in [0.1, 0.15) is 12.4 Å². The minimum Gasteiger partial charge on any atom is -0.490 e. The van der Waals surface area contributed by atoms with Gasteiger partial charge in [-0.3, -0.25) is 0 Å². The third-order valence-electron chi connectivity index (χ3n) is 4.39. The van der Waals surface area contributed by atoms with Crippen LogP contribution in [0.3, 0.4) is 0 Å². The first-order chi connectivity index (χ1) is 13.7. The van der Waals surface area contributed by atoms with Crippen LogP contribution in [0, 0.1) is 6.92 Å². The van der Waals surface area contributed by atoms with E-state index in [4.69, 9.17) is 9.47 Å². The number of aliphatic imine (C=N–C) groups is 1. The van der Waals surface area contributed by atoms with Gasteiger partial charge in [0.2, 0.25) is 0 Å². The van der Waals surface area contributed by atoms with Crippen LogP contribution in [-0.4, -0.2) is 52.5 Å². The predicted molar refractivity (Wildman–Crippen MR) is 114 cm³/mol. The van der Waals surface area contributed by atoms with Crippen molar-refractivity contribution in [2.75, 3.05) is 37.1 Å². The molecular weight excluding hydrogens is 376 g/mol. The van der Waals surface area contributed by atoms with Gasteiger partial charge in [0, 0.05) is 31.8 Å². The van der Waals surface area contributed by atoms with Crippen LogP contribution in [0.4, 0.5) is 5.69 Å². The lowest BCUT2D eigenvalue weighted by Crippen LogP contribution is -2.32. The molecule has 0 saturated heterocycles. The van der Waals surface area contributed by atoms with Crippen molar-refractivity contribution >= 4 is 23.4 Å². The predicted octanol–water partition coefficient (Wildman–Crippen LogP) is 2.60. The van der Waals surface area contributed by atoms with Crippen LogP contribution in [0.15, 0.2) is 23.2 Å². The summed E-state index contributed by atoms with van der Waals surface area (Å²) in [7, 11) is 1.95. The average Bonchev–Trinajstić information content (AvgIpc) is 2.89. The van der Waals surface area contributed by atoms with E-state index in [1.165, 1.54) is 0 Å². The molecule has 2 aromatic rings. The molecule has 0 unspecified atom stereocenters. The molecule has 2 heterocycles. The third kappa shape index (κ3) is 5.54. The van der Waals surface area contributed by atoms with Crippen LogP contribution in [0.2, 0.25) is 0 Å². The third-order valence-corrected chi connectivity index (χ3v) is 5.09. The number of benzene rings is 1. The van der Waals surface area contributed by atoms with E-state index < -0.39 is 0 Å². The van der Waals surface area contributed by atoms with Crippen molar-refractivity contribution in [3.8, 4) is 11.5 Å². The Labute approximate surface area is 170 Å². The Balaban J connectivity index is 1.71. The van der Waals surface area contributed by atoms with Gasteiger partial charge in [-0.15, -0.1) is 10.2 Å². The minimum atomic E-state index is 0.444. The maximum Gasteiger partial charge on any atom is 0.196 e. The van der Waals surface area contributed by atoms with E-state index in [1.807, 2.05) is 48.5 Å². The second kappa shape index (κ2) is 10.2. The van der Waals surface area contributed by atoms with E-state index in [1.54, 1.807) is 0 Å². The summed E-state index contributed by atoms with van der Waals surface area (Å²) in [6.45, 7) is 4.56. The number of ether oxygens (including phenoxy) is 2. The zero-order chi connectivity index (χ0) is 19.8. The normalized spacial score (nSPS) is 13.9. The van der Waals surface area contributed by atoms with Crippen LogP contribution >= 0.6 is 11.8 Å². The van der Waals surface area contributed by atoms with Gasteiger partial charge in [-0.2, -0.15) is 11.8 Å². The Bertz CT molecular complexity index is 808. The molecule has 0 fully saturated rings. The second-order valence-corrected chi connectivity index (χ2v) is 7.48. The zero-order valence-electron chi connectivity index (χ0n) is 16.7.